The molecule has 1 heterocycles. The number of carbonyl (C=O) groups excluding carboxylic acids is 1. The summed E-state index contributed by atoms with van der Waals surface area (Å²) in [7, 11) is 0. The lowest BCUT2D eigenvalue weighted by Crippen LogP contribution is -2.22. The Morgan fingerprint density at radius 2 is 1.68 bits per heavy atom. The van der Waals surface area contributed by atoms with Crippen LogP contribution in [0.15, 0.2) is 0 Å². The predicted octanol–water partition coefficient (Wildman–Crippen LogP) is 4.34. The number of carbonyl (C=O) groups is 1. The smallest absolute Gasteiger partial charge is 0.334 e. The van der Waals surface area contributed by atoms with Crippen LogP contribution in [0.3, 0.4) is 0 Å². The fourth-order valence-electron chi connectivity index (χ4n) is 1.50. The minimum absolute atomic E-state index is 0.424. The molecule has 0 aromatic heterocycles. The van der Waals surface area contributed by atoms with Gasteiger partial charge in [-0.15, -0.1) is 0 Å². The molecule has 0 aliphatic carbocycles. The molecule has 1 N–H and O–H groups in total. The van der Waals surface area contributed by atoms with E-state index in [0.29, 0.717) is 18.6 Å². The first-order valence-electron chi connectivity index (χ1n) is 8.92. The van der Waals surface area contributed by atoms with Gasteiger partial charge in [0.15, 0.2) is 0 Å². The van der Waals surface area contributed by atoms with Gasteiger partial charge in [0.2, 0.25) is 0 Å². The van der Waals surface area contributed by atoms with Crippen LogP contribution < -0.4 is 0 Å². The van der Waals surface area contributed by atoms with Gasteiger partial charge in [0, 0.05) is 0 Å². The minimum atomic E-state index is -1.00. The Balaban J connectivity index is 0. The van der Waals surface area contributed by atoms with E-state index >= 15 is 0 Å². The molecule has 134 valence electrons. The third-order valence-electron chi connectivity index (χ3n) is 3.52. The van der Waals surface area contributed by atoms with Gasteiger partial charge in [0.05, 0.1) is 19.3 Å². The molecule has 0 amide bonds. The highest BCUT2D eigenvalue weighted by Gasteiger charge is 2.18. The number of ether oxygens (including phenoxy) is 2. The van der Waals surface area contributed by atoms with E-state index in [1.54, 1.807) is 0 Å². The molecule has 1 aliphatic heterocycles. The molecule has 1 aliphatic rings. The topological polar surface area (TPSA) is 59.1 Å². The Bertz CT molecular complexity index is 231. The number of esters is 1. The van der Waals surface area contributed by atoms with Crippen molar-refractivity contribution in [1.82, 2.24) is 0 Å². The Morgan fingerprint density at radius 3 is 1.86 bits per heavy atom. The molecule has 0 radical (unpaired) electrons. The van der Waals surface area contributed by atoms with Gasteiger partial charge in [-0.2, -0.15) is 0 Å². The Hall–Kier alpha value is -0.610. The van der Waals surface area contributed by atoms with Crippen LogP contribution in [0, 0.1) is 5.92 Å². The van der Waals surface area contributed by atoms with E-state index < -0.39 is 12.1 Å². The molecule has 0 aromatic rings. The summed E-state index contributed by atoms with van der Waals surface area (Å²) in [5.74, 6) is -0.102. The van der Waals surface area contributed by atoms with Crippen LogP contribution in [0.2, 0.25) is 0 Å². The Morgan fingerprint density at radius 1 is 1.18 bits per heavy atom. The molecule has 2 atom stereocenters. The van der Waals surface area contributed by atoms with Crippen molar-refractivity contribution >= 4 is 5.97 Å². The molecule has 1 fully saturated rings. The van der Waals surface area contributed by atoms with E-state index in [4.69, 9.17) is 14.6 Å². The van der Waals surface area contributed by atoms with Gasteiger partial charge in [-0.1, -0.05) is 66.7 Å². The van der Waals surface area contributed by atoms with Crippen molar-refractivity contribution in [1.29, 1.82) is 0 Å². The number of hydrogen-bond donors (Lipinski definition) is 1. The number of unbranched alkanes of at least 4 members (excludes halogenated alkanes) is 2. The van der Waals surface area contributed by atoms with Gasteiger partial charge in [-0.3, -0.25) is 0 Å². The van der Waals surface area contributed by atoms with Gasteiger partial charge in [0.1, 0.15) is 6.10 Å². The standard InChI is InChI=1S/C9H18O3.C5H12.C4H8O/c1-4-8(5-2)6-12-9(11)7(3)10;1-3-5-4-2;1-2-4-3-5-4/h7-8,10H,4-6H2,1-3H3;3-5H2,1-2H3;4H,2-3H2,1H3. The summed E-state index contributed by atoms with van der Waals surface area (Å²) in [4.78, 5) is 10.8. The first-order chi connectivity index (χ1) is 10.5. The van der Waals surface area contributed by atoms with E-state index in [-0.39, 0.29) is 0 Å². The van der Waals surface area contributed by atoms with Crippen molar-refractivity contribution in [2.24, 2.45) is 5.92 Å². The van der Waals surface area contributed by atoms with Crippen LogP contribution in [0.5, 0.6) is 0 Å². The van der Waals surface area contributed by atoms with Crippen LogP contribution >= 0.6 is 0 Å². The van der Waals surface area contributed by atoms with Crippen LogP contribution in [0.25, 0.3) is 0 Å². The molecule has 4 heteroatoms. The highest BCUT2D eigenvalue weighted by Crippen LogP contribution is 2.11. The van der Waals surface area contributed by atoms with E-state index in [1.807, 2.05) is 0 Å². The number of epoxide rings is 1. The normalized spacial score (nSPS) is 16.8. The first kappa shape index (κ1) is 23.7. The summed E-state index contributed by atoms with van der Waals surface area (Å²) in [6.45, 7) is 13.5. The maximum Gasteiger partial charge on any atom is 0.334 e. The second-order valence-electron chi connectivity index (χ2n) is 5.71. The fraction of sp³-hybridized carbons (Fsp3) is 0.944. The van der Waals surface area contributed by atoms with Crippen LogP contribution in [0.1, 0.15) is 80.1 Å². The van der Waals surface area contributed by atoms with Gasteiger partial charge in [0.25, 0.3) is 0 Å². The zero-order valence-corrected chi connectivity index (χ0v) is 15.6. The summed E-state index contributed by atoms with van der Waals surface area (Å²) < 4.78 is 9.72. The Labute approximate surface area is 137 Å². The summed E-state index contributed by atoms with van der Waals surface area (Å²) in [5.41, 5.74) is 0. The van der Waals surface area contributed by atoms with E-state index in [2.05, 4.69) is 34.6 Å². The quantitative estimate of drug-likeness (QED) is 0.534. The third kappa shape index (κ3) is 17.4. The molecule has 2 unspecified atom stereocenters. The van der Waals surface area contributed by atoms with Crippen molar-refractivity contribution in [2.45, 2.75) is 92.3 Å². The summed E-state index contributed by atoms with van der Waals surface area (Å²) in [6, 6.07) is 0. The summed E-state index contributed by atoms with van der Waals surface area (Å²) in [5, 5.41) is 8.80. The van der Waals surface area contributed by atoms with Crippen LogP contribution in [-0.2, 0) is 14.3 Å². The first-order valence-corrected chi connectivity index (χ1v) is 8.92. The zero-order valence-electron chi connectivity index (χ0n) is 15.6. The van der Waals surface area contributed by atoms with Crippen molar-refractivity contribution in [3.63, 3.8) is 0 Å². The van der Waals surface area contributed by atoms with E-state index in [9.17, 15) is 4.79 Å². The highest BCUT2D eigenvalue weighted by molar-refractivity contribution is 5.73. The SMILES string of the molecule is CCC(CC)COC(=O)C(C)O.CCC1CO1.CCCCC. The van der Waals surface area contributed by atoms with Gasteiger partial charge < -0.3 is 14.6 Å². The van der Waals surface area contributed by atoms with Crippen molar-refractivity contribution < 1.29 is 19.4 Å². The maximum absolute atomic E-state index is 10.8. The summed E-state index contributed by atoms with van der Waals surface area (Å²) in [6.07, 6.45) is 6.91. The third-order valence-corrected chi connectivity index (χ3v) is 3.52. The molecule has 1 rings (SSSR count). The molecule has 0 saturated carbocycles. The van der Waals surface area contributed by atoms with Crippen molar-refractivity contribution in [3.8, 4) is 0 Å². The second kappa shape index (κ2) is 16.8. The molecule has 4 nitrogen and oxygen atoms in total. The lowest BCUT2D eigenvalue weighted by atomic mass is 10.1. The van der Waals surface area contributed by atoms with E-state index in [1.165, 1.54) is 32.6 Å². The predicted molar refractivity (Wildman–Crippen MR) is 91.9 cm³/mol. The van der Waals surface area contributed by atoms with Gasteiger partial charge in [-0.25, -0.2) is 4.79 Å². The lowest BCUT2D eigenvalue weighted by molar-refractivity contribution is -0.153. The number of hydrogen-bond acceptors (Lipinski definition) is 4. The zero-order chi connectivity index (χ0) is 17.4. The lowest BCUT2D eigenvalue weighted by Gasteiger charge is -2.13. The number of rotatable bonds is 8. The second-order valence-corrected chi connectivity index (χ2v) is 5.71. The van der Waals surface area contributed by atoms with Gasteiger partial charge in [-0.05, 0) is 19.3 Å². The number of aliphatic hydroxyl groups excluding tert-OH is 1. The molecule has 0 bridgehead atoms. The molecule has 22 heavy (non-hydrogen) atoms. The maximum atomic E-state index is 10.8. The van der Waals surface area contributed by atoms with Gasteiger partial charge >= 0.3 is 5.97 Å². The monoisotopic (exact) mass is 318 g/mol. The highest BCUT2D eigenvalue weighted by atomic mass is 16.6. The van der Waals surface area contributed by atoms with Crippen LogP contribution in [0.4, 0.5) is 0 Å². The van der Waals surface area contributed by atoms with Crippen LogP contribution in [-0.4, -0.2) is 36.5 Å². The molecule has 0 aromatic carbocycles. The molecule has 0 spiro atoms. The largest absolute Gasteiger partial charge is 0.463 e. The molecule has 1 saturated heterocycles. The average molecular weight is 318 g/mol. The van der Waals surface area contributed by atoms with Crippen molar-refractivity contribution in [2.75, 3.05) is 13.2 Å². The minimum Gasteiger partial charge on any atom is -0.463 e. The average Bonchev–Trinajstić information content (AvgIpc) is 3.34. The molecular formula is C18H38O4. The number of aliphatic hydroxyl groups is 1. The van der Waals surface area contributed by atoms with Crippen molar-refractivity contribution in [3.05, 3.63) is 0 Å². The Kier molecular flexibility index (Phi) is 18.0. The molecular weight excluding hydrogens is 280 g/mol. The fourth-order valence-corrected chi connectivity index (χ4v) is 1.50. The summed E-state index contributed by atoms with van der Waals surface area (Å²) >= 11 is 0. The van der Waals surface area contributed by atoms with E-state index in [0.717, 1.165) is 19.4 Å².